The van der Waals surface area contributed by atoms with Crippen molar-refractivity contribution in [3.05, 3.63) is 35.2 Å². The Bertz CT molecular complexity index is 710. The van der Waals surface area contributed by atoms with Crippen LogP contribution in [0.25, 0.3) is 5.70 Å². The minimum atomic E-state index is -3.91. The highest BCUT2D eigenvalue weighted by atomic mass is 32.2. The van der Waals surface area contributed by atoms with E-state index in [0.29, 0.717) is 0 Å². The second kappa shape index (κ2) is 4.88. The Hall–Kier alpha value is -1.93. The first-order chi connectivity index (χ1) is 9.24. The maximum absolute atomic E-state index is 13.8. The van der Waals surface area contributed by atoms with Crippen molar-refractivity contribution >= 4 is 21.5 Å². The predicted octanol–water partition coefficient (Wildman–Crippen LogP) is 0.604. The van der Waals surface area contributed by atoms with Crippen LogP contribution < -0.4 is 5.84 Å². The van der Waals surface area contributed by atoms with E-state index in [9.17, 15) is 17.6 Å². The summed E-state index contributed by atoms with van der Waals surface area (Å²) < 4.78 is 38.1. The summed E-state index contributed by atoms with van der Waals surface area (Å²) in [6.45, 7) is 0. The number of hydrazine groups is 1. The molecule has 1 aromatic carbocycles. The molecule has 1 aliphatic heterocycles. The summed E-state index contributed by atoms with van der Waals surface area (Å²) in [5.41, 5.74) is 0.467. The molecule has 1 heterocycles. The number of fused-ring (bicyclic) bond motifs is 1. The van der Waals surface area contributed by atoms with Gasteiger partial charge in [-0.2, -0.15) is 0 Å². The zero-order valence-electron chi connectivity index (χ0n) is 10.6. The Morgan fingerprint density at radius 3 is 2.70 bits per heavy atom. The van der Waals surface area contributed by atoms with E-state index >= 15 is 0 Å². The van der Waals surface area contributed by atoms with E-state index in [1.807, 2.05) is 0 Å². The molecule has 3 N–H and O–H groups in total. The number of nitrogens with zero attached hydrogens (tertiary/aromatic N) is 1. The maximum Gasteiger partial charge on any atom is 0.307 e. The Balaban J connectivity index is 2.79. The Labute approximate surface area is 115 Å². The van der Waals surface area contributed by atoms with Crippen molar-refractivity contribution in [3.8, 4) is 0 Å². The van der Waals surface area contributed by atoms with E-state index < -0.39 is 38.7 Å². The largest absolute Gasteiger partial charge is 0.481 e. The van der Waals surface area contributed by atoms with E-state index in [1.54, 1.807) is 0 Å². The first-order valence-electron chi connectivity index (χ1n) is 5.68. The highest BCUT2D eigenvalue weighted by Crippen LogP contribution is 2.36. The summed E-state index contributed by atoms with van der Waals surface area (Å²) in [5, 5.41) is 9.99. The average Bonchev–Trinajstić information content (AvgIpc) is 2.25. The van der Waals surface area contributed by atoms with Gasteiger partial charge in [0.1, 0.15) is 10.7 Å². The van der Waals surface area contributed by atoms with Crippen LogP contribution in [0.3, 0.4) is 0 Å². The molecule has 6 nitrogen and oxygen atoms in total. The number of sulfone groups is 1. The molecule has 108 valence electrons. The lowest BCUT2D eigenvalue weighted by atomic mass is 10.0. The molecule has 0 saturated carbocycles. The quantitative estimate of drug-likeness (QED) is 0.626. The van der Waals surface area contributed by atoms with Crippen LogP contribution in [0.4, 0.5) is 4.39 Å². The lowest BCUT2D eigenvalue weighted by Crippen LogP contribution is -2.31. The first-order valence-corrected chi connectivity index (χ1v) is 7.33. The SMILES string of the molecule is CN(N)C1=C(CC(=O)O)CS(=O)(=O)c2c(F)cccc21. The van der Waals surface area contributed by atoms with Crippen LogP contribution in [0.1, 0.15) is 12.0 Å². The fraction of sp³-hybridized carbons (Fsp3) is 0.250. The Kier molecular flexibility index (Phi) is 3.53. The second-order valence-electron chi connectivity index (χ2n) is 4.51. The number of carboxylic acids is 1. The summed E-state index contributed by atoms with van der Waals surface area (Å²) in [6, 6.07) is 3.82. The zero-order valence-corrected chi connectivity index (χ0v) is 11.4. The number of halogens is 1. The summed E-state index contributed by atoms with van der Waals surface area (Å²) in [7, 11) is -2.46. The monoisotopic (exact) mass is 300 g/mol. The van der Waals surface area contributed by atoms with E-state index in [2.05, 4.69) is 0 Å². The fourth-order valence-electron chi connectivity index (χ4n) is 2.33. The van der Waals surface area contributed by atoms with Crippen LogP contribution in [-0.4, -0.2) is 37.3 Å². The number of carboxylic acid groups (broad SMARTS) is 1. The molecule has 0 saturated heterocycles. The number of carbonyl (C=O) groups is 1. The molecule has 0 aliphatic carbocycles. The van der Waals surface area contributed by atoms with Crippen molar-refractivity contribution in [2.75, 3.05) is 12.8 Å². The van der Waals surface area contributed by atoms with Gasteiger partial charge in [0.25, 0.3) is 0 Å². The van der Waals surface area contributed by atoms with E-state index in [0.717, 1.165) is 11.1 Å². The van der Waals surface area contributed by atoms with Crippen molar-refractivity contribution in [2.45, 2.75) is 11.3 Å². The summed E-state index contributed by atoms with van der Waals surface area (Å²) in [6.07, 6.45) is -0.466. The smallest absolute Gasteiger partial charge is 0.307 e. The third kappa shape index (κ3) is 2.39. The van der Waals surface area contributed by atoms with Crippen molar-refractivity contribution in [1.82, 2.24) is 5.01 Å². The van der Waals surface area contributed by atoms with Gasteiger partial charge in [0.2, 0.25) is 0 Å². The molecule has 0 bridgehead atoms. The molecule has 0 unspecified atom stereocenters. The second-order valence-corrected chi connectivity index (χ2v) is 6.44. The molecule has 1 aliphatic rings. The number of nitrogens with two attached hydrogens (primary N) is 1. The van der Waals surface area contributed by atoms with Crippen LogP contribution >= 0.6 is 0 Å². The average molecular weight is 300 g/mol. The molecule has 0 radical (unpaired) electrons. The predicted molar refractivity (Wildman–Crippen MR) is 69.6 cm³/mol. The van der Waals surface area contributed by atoms with Gasteiger partial charge in [0.15, 0.2) is 9.84 Å². The molecule has 8 heteroatoms. The standard InChI is InChI=1S/C12H13FN2O4S/c1-15(14)11-7(5-10(16)17)6-20(18,19)12-8(11)3-2-4-9(12)13/h2-4H,5-6,14H2,1H3,(H,16,17). The molecule has 1 aromatic rings. The van der Waals surface area contributed by atoms with Gasteiger partial charge in [-0.05, 0) is 11.6 Å². The van der Waals surface area contributed by atoms with Gasteiger partial charge in [-0.15, -0.1) is 0 Å². The molecular weight excluding hydrogens is 287 g/mol. The van der Waals surface area contributed by atoms with Crippen LogP contribution in [0.15, 0.2) is 28.7 Å². The third-order valence-electron chi connectivity index (χ3n) is 2.95. The van der Waals surface area contributed by atoms with Crippen molar-refractivity contribution < 1.29 is 22.7 Å². The summed E-state index contributed by atoms with van der Waals surface area (Å²) >= 11 is 0. The first kappa shape index (κ1) is 14.5. The molecule has 2 rings (SSSR count). The van der Waals surface area contributed by atoms with Gasteiger partial charge < -0.3 is 10.1 Å². The van der Waals surface area contributed by atoms with Crippen LogP contribution in [0.2, 0.25) is 0 Å². The summed E-state index contributed by atoms with van der Waals surface area (Å²) in [5.74, 6) is 3.06. The maximum atomic E-state index is 13.8. The van der Waals surface area contributed by atoms with Gasteiger partial charge in [0, 0.05) is 12.6 Å². The molecule has 0 amide bonds. The van der Waals surface area contributed by atoms with E-state index in [4.69, 9.17) is 10.9 Å². The van der Waals surface area contributed by atoms with E-state index in [-0.39, 0.29) is 16.8 Å². The minimum absolute atomic E-state index is 0.0949. The Morgan fingerprint density at radius 1 is 1.50 bits per heavy atom. The normalized spacial score (nSPS) is 16.8. The zero-order chi connectivity index (χ0) is 15.1. The van der Waals surface area contributed by atoms with Crippen molar-refractivity contribution in [2.24, 2.45) is 5.84 Å². The van der Waals surface area contributed by atoms with Crippen LogP contribution in [0.5, 0.6) is 0 Å². The number of aliphatic carboxylic acids is 1. The number of rotatable bonds is 3. The van der Waals surface area contributed by atoms with Gasteiger partial charge in [-0.25, -0.2) is 18.7 Å². The van der Waals surface area contributed by atoms with Gasteiger partial charge in [0.05, 0.1) is 17.9 Å². The van der Waals surface area contributed by atoms with Crippen molar-refractivity contribution in [1.29, 1.82) is 0 Å². The minimum Gasteiger partial charge on any atom is -0.481 e. The van der Waals surface area contributed by atoms with Gasteiger partial charge >= 0.3 is 5.97 Å². The van der Waals surface area contributed by atoms with Gasteiger partial charge in [-0.1, -0.05) is 12.1 Å². The lowest BCUT2D eigenvalue weighted by Gasteiger charge is -2.27. The van der Waals surface area contributed by atoms with Crippen LogP contribution in [0, 0.1) is 5.82 Å². The lowest BCUT2D eigenvalue weighted by molar-refractivity contribution is -0.136. The number of hydrogen-bond donors (Lipinski definition) is 2. The highest BCUT2D eigenvalue weighted by Gasteiger charge is 2.34. The highest BCUT2D eigenvalue weighted by molar-refractivity contribution is 7.91. The number of benzene rings is 1. The van der Waals surface area contributed by atoms with Gasteiger partial charge in [-0.3, -0.25) is 4.79 Å². The van der Waals surface area contributed by atoms with E-state index in [1.165, 1.54) is 19.2 Å². The number of hydrogen-bond acceptors (Lipinski definition) is 5. The fourth-order valence-corrected chi connectivity index (χ4v) is 4.04. The van der Waals surface area contributed by atoms with Crippen molar-refractivity contribution in [3.63, 3.8) is 0 Å². The molecule has 0 fully saturated rings. The molecule has 0 spiro atoms. The third-order valence-corrected chi connectivity index (χ3v) is 4.71. The molecule has 20 heavy (non-hydrogen) atoms. The van der Waals surface area contributed by atoms with Crippen LogP contribution in [-0.2, 0) is 14.6 Å². The summed E-state index contributed by atoms with van der Waals surface area (Å²) in [4.78, 5) is 10.4. The molecule has 0 atom stereocenters. The Morgan fingerprint density at radius 2 is 2.15 bits per heavy atom. The topological polar surface area (TPSA) is 101 Å². The molecular formula is C12H13FN2O4S. The molecule has 0 aromatic heterocycles.